The SMILES string of the molecule is Cc1ccc(S(=O)(=O)N2C(=O)C3=C(CCCC3)CC2/C=C/c2cccc3ccccc23)cc1. The van der Waals surface area contributed by atoms with Gasteiger partial charge in [-0.25, -0.2) is 12.7 Å². The van der Waals surface area contributed by atoms with Gasteiger partial charge in [-0.15, -0.1) is 0 Å². The highest BCUT2D eigenvalue weighted by Crippen LogP contribution is 2.38. The van der Waals surface area contributed by atoms with Crippen molar-refractivity contribution in [1.29, 1.82) is 0 Å². The Labute approximate surface area is 195 Å². The summed E-state index contributed by atoms with van der Waals surface area (Å²) in [4.78, 5) is 13.7. The molecule has 1 aliphatic carbocycles. The normalized spacial score (nSPS) is 19.4. The molecule has 1 heterocycles. The molecule has 3 aromatic carbocycles. The van der Waals surface area contributed by atoms with Gasteiger partial charge in [-0.3, -0.25) is 4.79 Å². The molecule has 1 amide bonds. The summed E-state index contributed by atoms with van der Waals surface area (Å²) in [5.74, 6) is -0.357. The molecule has 33 heavy (non-hydrogen) atoms. The predicted octanol–water partition coefficient (Wildman–Crippen LogP) is 6.02. The zero-order valence-corrected chi connectivity index (χ0v) is 19.5. The van der Waals surface area contributed by atoms with Gasteiger partial charge in [0.1, 0.15) is 0 Å². The summed E-state index contributed by atoms with van der Waals surface area (Å²) in [7, 11) is -3.98. The molecular formula is C28H27NO3S. The average Bonchev–Trinajstić information content (AvgIpc) is 2.83. The minimum atomic E-state index is -3.98. The van der Waals surface area contributed by atoms with Crippen LogP contribution in [-0.2, 0) is 14.8 Å². The van der Waals surface area contributed by atoms with Crippen molar-refractivity contribution in [2.45, 2.75) is 50.0 Å². The molecule has 1 atom stereocenters. The predicted molar refractivity (Wildman–Crippen MR) is 132 cm³/mol. The Morgan fingerprint density at radius 3 is 2.45 bits per heavy atom. The van der Waals surface area contributed by atoms with Crippen LogP contribution in [0.15, 0.2) is 88.8 Å². The van der Waals surface area contributed by atoms with Crippen LogP contribution in [-0.4, -0.2) is 24.7 Å². The molecule has 0 spiro atoms. The molecule has 0 N–H and O–H groups in total. The van der Waals surface area contributed by atoms with E-state index in [-0.39, 0.29) is 10.8 Å². The molecule has 0 bridgehead atoms. The summed E-state index contributed by atoms with van der Waals surface area (Å²) in [5, 5.41) is 2.23. The molecule has 0 fully saturated rings. The van der Waals surface area contributed by atoms with Gasteiger partial charge in [0, 0.05) is 5.57 Å². The number of aryl methyl sites for hydroxylation is 1. The maximum atomic E-state index is 13.7. The third kappa shape index (κ3) is 4.02. The number of carbonyl (C=O) groups excluding carboxylic acids is 1. The zero-order valence-electron chi connectivity index (χ0n) is 18.7. The standard InChI is InChI=1S/C28H27NO3S/c1-20-13-17-25(18-14-20)33(31,32)29-24(19-23-8-3-5-12-27(23)28(29)30)16-15-22-10-6-9-21-7-2-4-11-26(21)22/h2,4,6-7,9-11,13-18,24H,3,5,8,12,19H2,1H3/b16-15+. The molecule has 168 valence electrons. The number of carbonyl (C=O) groups is 1. The van der Waals surface area contributed by atoms with E-state index in [2.05, 4.69) is 18.2 Å². The van der Waals surface area contributed by atoms with E-state index in [9.17, 15) is 13.2 Å². The van der Waals surface area contributed by atoms with Crippen LogP contribution in [0.25, 0.3) is 16.8 Å². The van der Waals surface area contributed by atoms with E-state index in [0.29, 0.717) is 18.4 Å². The first-order valence-corrected chi connectivity index (χ1v) is 12.9. The van der Waals surface area contributed by atoms with Gasteiger partial charge in [0.15, 0.2) is 0 Å². The van der Waals surface area contributed by atoms with Gasteiger partial charge >= 0.3 is 0 Å². The van der Waals surface area contributed by atoms with Crippen LogP contribution >= 0.6 is 0 Å². The van der Waals surface area contributed by atoms with Gasteiger partial charge in [-0.1, -0.05) is 77.9 Å². The Hall–Kier alpha value is -3.18. The molecular weight excluding hydrogens is 430 g/mol. The lowest BCUT2D eigenvalue weighted by Crippen LogP contribution is -2.48. The van der Waals surface area contributed by atoms with Crippen LogP contribution in [0.2, 0.25) is 0 Å². The Morgan fingerprint density at radius 1 is 0.909 bits per heavy atom. The van der Waals surface area contributed by atoms with Crippen molar-refractivity contribution in [1.82, 2.24) is 4.31 Å². The van der Waals surface area contributed by atoms with Crippen LogP contribution < -0.4 is 0 Å². The number of benzene rings is 3. The molecule has 3 aromatic rings. The fourth-order valence-corrected chi connectivity index (χ4v) is 6.48. The fraction of sp³-hybridized carbons (Fsp3) is 0.250. The summed E-state index contributed by atoms with van der Waals surface area (Å²) in [6.45, 7) is 1.91. The lowest BCUT2D eigenvalue weighted by molar-refractivity contribution is -0.124. The Morgan fingerprint density at radius 2 is 1.64 bits per heavy atom. The van der Waals surface area contributed by atoms with E-state index in [1.54, 1.807) is 24.3 Å². The number of sulfonamides is 1. The Bertz CT molecular complexity index is 1380. The summed E-state index contributed by atoms with van der Waals surface area (Å²) in [6.07, 6.45) is 7.94. The Kier molecular flexibility index (Phi) is 5.67. The van der Waals surface area contributed by atoms with Crippen LogP contribution in [0, 0.1) is 6.92 Å². The second-order valence-corrected chi connectivity index (χ2v) is 10.7. The molecule has 0 saturated carbocycles. The lowest BCUT2D eigenvalue weighted by Gasteiger charge is -2.37. The largest absolute Gasteiger partial charge is 0.268 e. The van der Waals surface area contributed by atoms with E-state index in [1.165, 1.54) is 0 Å². The van der Waals surface area contributed by atoms with Crippen LogP contribution in [0.1, 0.15) is 43.2 Å². The van der Waals surface area contributed by atoms with Crippen molar-refractivity contribution in [3.63, 3.8) is 0 Å². The van der Waals surface area contributed by atoms with Gasteiger partial charge in [0.25, 0.3) is 15.9 Å². The highest BCUT2D eigenvalue weighted by molar-refractivity contribution is 7.89. The first-order chi connectivity index (χ1) is 15.9. The minimum Gasteiger partial charge on any atom is -0.268 e. The topological polar surface area (TPSA) is 54.5 Å². The second kappa shape index (κ2) is 8.64. The molecule has 0 saturated heterocycles. The van der Waals surface area contributed by atoms with Gasteiger partial charge in [0.05, 0.1) is 10.9 Å². The van der Waals surface area contributed by atoms with Crippen molar-refractivity contribution in [2.24, 2.45) is 0 Å². The zero-order chi connectivity index (χ0) is 23.0. The number of hydrogen-bond acceptors (Lipinski definition) is 3. The van der Waals surface area contributed by atoms with E-state index < -0.39 is 16.1 Å². The number of fused-ring (bicyclic) bond motifs is 1. The maximum Gasteiger partial charge on any atom is 0.267 e. The number of nitrogens with zero attached hydrogens (tertiary/aromatic N) is 1. The summed E-state index contributed by atoms with van der Waals surface area (Å²) in [6, 6.07) is 20.4. The van der Waals surface area contributed by atoms with Gasteiger partial charge in [-0.2, -0.15) is 0 Å². The van der Waals surface area contributed by atoms with Crippen LogP contribution in [0.4, 0.5) is 0 Å². The maximum absolute atomic E-state index is 13.7. The highest BCUT2D eigenvalue weighted by atomic mass is 32.2. The van der Waals surface area contributed by atoms with E-state index >= 15 is 0 Å². The molecule has 0 aromatic heterocycles. The molecule has 1 unspecified atom stereocenters. The number of amides is 1. The lowest BCUT2D eigenvalue weighted by atomic mass is 9.84. The van der Waals surface area contributed by atoms with Gasteiger partial charge < -0.3 is 0 Å². The average molecular weight is 458 g/mol. The number of hydrogen-bond donors (Lipinski definition) is 0. The molecule has 0 radical (unpaired) electrons. The van der Waals surface area contributed by atoms with Gasteiger partial charge in [0.2, 0.25) is 0 Å². The third-order valence-electron chi connectivity index (χ3n) is 6.70. The molecule has 4 nitrogen and oxygen atoms in total. The molecule has 2 aliphatic rings. The molecule has 5 rings (SSSR count). The molecule has 1 aliphatic heterocycles. The van der Waals surface area contributed by atoms with E-state index in [1.807, 2.05) is 43.3 Å². The highest BCUT2D eigenvalue weighted by Gasteiger charge is 2.41. The summed E-state index contributed by atoms with van der Waals surface area (Å²) >= 11 is 0. The minimum absolute atomic E-state index is 0.157. The second-order valence-electron chi connectivity index (χ2n) is 8.91. The Balaban J connectivity index is 1.58. The van der Waals surface area contributed by atoms with Gasteiger partial charge in [-0.05, 0) is 67.5 Å². The van der Waals surface area contributed by atoms with Crippen molar-refractivity contribution >= 4 is 32.8 Å². The van der Waals surface area contributed by atoms with Crippen LogP contribution in [0.3, 0.4) is 0 Å². The monoisotopic (exact) mass is 457 g/mol. The first-order valence-electron chi connectivity index (χ1n) is 11.5. The fourth-order valence-electron chi connectivity index (χ4n) is 4.94. The quantitative estimate of drug-likeness (QED) is 0.481. The summed E-state index contributed by atoms with van der Waals surface area (Å²) < 4.78 is 28.5. The van der Waals surface area contributed by atoms with Crippen molar-refractivity contribution in [3.8, 4) is 0 Å². The van der Waals surface area contributed by atoms with Crippen molar-refractivity contribution in [3.05, 3.63) is 95.1 Å². The third-order valence-corrected chi connectivity index (χ3v) is 8.52. The smallest absolute Gasteiger partial charge is 0.267 e. The van der Waals surface area contributed by atoms with E-state index in [4.69, 9.17) is 0 Å². The van der Waals surface area contributed by atoms with Crippen molar-refractivity contribution < 1.29 is 13.2 Å². The molecule has 5 heteroatoms. The van der Waals surface area contributed by atoms with Crippen molar-refractivity contribution in [2.75, 3.05) is 0 Å². The van der Waals surface area contributed by atoms with E-state index in [0.717, 1.165) is 51.0 Å². The first kappa shape index (κ1) is 21.7. The summed E-state index contributed by atoms with van der Waals surface area (Å²) in [5.41, 5.74) is 3.81. The number of rotatable bonds is 4. The van der Waals surface area contributed by atoms with Crippen LogP contribution in [0.5, 0.6) is 0 Å².